The van der Waals surface area contributed by atoms with E-state index in [1.807, 2.05) is 60.7 Å². The Morgan fingerprint density at radius 3 is 1.94 bits per heavy atom. The Hall–Kier alpha value is -1.18. The first-order valence-electron chi connectivity index (χ1n) is 5.39. The third kappa shape index (κ3) is 3.66. The fourth-order valence-corrected chi connectivity index (χ4v) is 3.15. The van der Waals surface area contributed by atoms with Crippen molar-refractivity contribution in [2.75, 3.05) is 0 Å². The zero-order chi connectivity index (χ0) is 12.8. The van der Waals surface area contributed by atoms with E-state index >= 15 is 0 Å². The molecule has 2 aromatic rings. The van der Waals surface area contributed by atoms with E-state index in [-0.39, 0.29) is 15.2 Å². The van der Waals surface area contributed by atoms with Gasteiger partial charge in [-0.3, -0.25) is 0 Å². The molecule has 0 aromatic heterocycles. The number of rotatable bonds is 4. The van der Waals surface area contributed by atoms with Crippen molar-refractivity contribution in [3.63, 3.8) is 0 Å². The minimum atomic E-state index is -0.197. The van der Waals surface area contributed by atoms with Crippen LogP contribution in [0.4, 0.5) is 0 Å². The molecule has 0 aliphatic rings. The normalized spacial score (nSPS) is 11.2. The van der Waals surface area contributed by atoms with Crippen molar-refractivity contribution < 1.29 is 0 Å². The Kier molecular flexibility index (Phi) is 4.91. The van der Waals surface area contributed by atoms with Crippen molar-refractivity contribution in [2.45, 2.75) is 0 Å². The second-order valence-corrected chi connectivity index (χ2v) is 5.98. The molecule has 0 atom stereocenters. The molecule has 2 aromatic carbocycles. The number of hydrogen-bond donors (Lipinski definition) is 1. The zero-order valence-corrected chi connectivity index (χ0v) is 13.0. The second kappa shape index (κ2) is 6.67. The van der Waals surface area contributed by atoms with Crippen LogP contribution in [-0.4, -0.2) is 40.4 Å². The SMILES string of the molecule is N=C([Se]/N=C(\[Se])c1ccccc1)c1ccccc1. The Balaban J connectivity index is 2.05. The summed E-state index contributed by atoms with van der Waals surface area (Å²) in [5.74, 6) is 0. The summed E-state index contributed by atoms with van der Waals surface area (Å²) in [6, 6.07) is 19.7. The third-order valence-corrected chi connectivity index (χ3v) is 5.00. The molecular formula is C14H11N2Se2. The molecule has 0 bridgehead atoms. The van der Waals surface area contributed by atoms with Crippen LogP contribution in [0.25, 0.3) is 0 Å². The van der Waals surface area contributed by atoms with Crippen LogP contribution in [0.3, 0.4) is 0 Å². The van der Waals surface area contributed by atoms with Gasteiger partial charge in [0.15, 0.2) is 0 Å². The number of nitrogens with zero attached hydrogens (tertiary/aromatic N) is 1. The molecule has 89 valence electrons. The van der Waals surface area contributed by atoms with Crippen LogP contribution in [0.5, 0.6) is 0 Å². The molecule has 0 saturated carbocycles. The van der Waals surface area contributed by atoms with Gasteiger partial charge in [-0.1, -0.05) is 0 Å². The molecule has 0 saturated heterocycles. The monoisotopic (exact) mass is 367 g/mol. The first kappa shape index (κ1) is 13.3. The summed E-state index contributed by atoms with van der Waals surface area (Å²) in [5.41, 5.74) is 2.02. The topological polar surface area (TPSA) is 36.2 Å². The molecule has 0 amide bonds. The maximum absolute atomic E-state index is 7.99. The first-order valence-corrected chi connectivity index (χ1v) is 7.86. The predicted molar refractivity (Wildman–Crippen MR) is 77.8 cm³/mol. The van der Waals surface area contributed by atoms with Gasteiger partial charge in [0.25, 0.3) is 0 Å². The number of hydrogen-bond acceptors (Lipinski definition) is 2. The van der Waals surface area contributed by atoms with Crippen LogP contribution < -0.4 is 0 Å². The number of benzene rings is 2. The van der Waals surface area contributed by atoms with Gasteiger partial charge in [-0.15, -0.1) is 0 Å². The van der Waals surface area contributed by atoms with E-state index in [4.69, 9.17) is 5.41 Å². The van der Waals surface area contributed by atoms with Gasteiger partial charge in [0.1, 0.15) is 0 Å². The molecule has 18 heavy (non-hydrogen) atoms. The van der Waals surface area contributed by atoms with Crippen molar-refractivity contribution in [3.05, 3.63) is 71.8 Å². The molecule has 0 heterocycles. The molecule has 2 rings (SSSR count). The van der Waals surface area contributed by atoms with Crippen LogP contribution in [-0.2, 0) is 0 Å². The summed E-state index contributed by atoms with van der Waals surface area (Å²) in [6.45, 7) is 0. The Morgan fingerprint density at radius 2 is 1.39 bits per heavy atom. The van der Waals surface area contributed by atoms with Crippen LogP contribution in [0.2, 0.25) is 0 Å². The Morgan fingerprint density at radius 1 is 0.889 bits per heavy atom. The van der Waals surface area contributed by atoms with E-state index in [9.17, 15) is 0 Å². The summed E-state index contributed by atoms with van der Waals surface area (Å²) < 4.78 is 5.93. The van der Waals surface area contributed by atoms with Crippen molar-refractivity contribution in [2.24, 2.45) is 4.01 Å². The summed E-state index contributed by atoms with van der Waals surface area (Å²) >= 11 is 2.77. The molecule has 0 aliphatic heterocycles. The van der Waals surface area contributed by atoms with Crippen LogP contribution in [0.1, 0.15) is 11.1 Å². The second-order valence-electron chi connectivity index (χ2n) is 3.55. The summed E-state index contributed by atoms with van der Waals surface area (Å²) in [7, 11) is 0. The fourth-order valence-electron chi connectivity index (χ4n) is 1.36. The van der Waals surface area contributed by atoms with Gasteiger partial charge in [-0.2, -0.15) is 0 Å². The quantitative estimate of drug-likeness (QED) is 0.638. The predicted octanol–water partition coefficient (Wildman–Crippen LogP) is 2.25. The average molecular weight is 365 g/mol. The van der Waals surface area contributed by atoms with E-state index in [0.717, 1.165) is 15.7 Å². The molecule has 2 nitrogen and oxygen atoms in total. The van der Waals surface area contributed by atoms with Crippen molar-refractivity contribution in [1.29, 1.82) is 5.41 Å². The zero-order valence-electron chi connectivity index (χ0n) is 9.54. The number of nitrogens with one attached hydrogen (secondary N) is 1. The van der Waals surface area contributed by atoms with Gasteiger partial charge >= 0.3 is 122 Å². The molecule has 0 aliphatic carbocycles. The van der Waals surface area contributed by atoms with Gasteiger partial charge < -0.3 is 0 Å². The van der Waals surface area contributed by atoms with E-state index in [1.54, 1.807) is 0 Å². The van der Waals surface area contributed by atoms with E-state index < -0.39 is 0 Å². The van der Waals surface area contributed by atoms with E-state index in [0.29, 0.717) is 4.61 Å². The minimum absolute atomic E-state index is 0.197. The van der Waals surface area contributed by atoms with E-state index in [2.05, 4.69) is 20.0 Å². The van der Waals surface area contributed by atoms with Crippen molar-refractivity contribution in [1.82, 2.24) is 0 Å². The molecular weight excluding hydrogens is 354 g/mol. The Bertz CT molecular complexity index is 551. The molecule has 0 spiro atoms. The third-order valence-electron chi connectivity index (χ3n) is 2.28. The Labute approximate surface area is 121 Å². The standard InChI is InChI=1S/C14H11N2Se2/c15-13(11-7-3-1-4-8-11)18-16-14(17)12-9-5-2-6-10-12/h1-10,15H/b15-13?,16-14-. The molecule has 0 unspecified atom stereocenters. The van der Waals surface area contributed by atoms with Gasteiger partial charge in [0, 0.05) is 0 Å². The first-order chi connectivity index (χ1) is 8.77. The summed E-state index contributed by atoms with van der Waals surface area (Å²) in [6.07, 6.45) is 0. The van der Waals surface area contributed by atoms with Gasteiger partial charge in [-0.25, -0.2) is 0 Å². The molecule has 1 radical (unpaired) electrons. The van der Waals surface area contributed by atoms with Gasteiger partial charge in [-0.05, 0) is 0 Å². The van der Waals surface area contributed by atoms with Crippen LogP contribution in [0.15, 0.2) is 64.7 Å². The van der Waals surface area contributed by atoms with Gasteiger partial charge in [0.05, 0.1) is 0 Å². The maximum atomic E-state index is 7.99. The van der Waals surface area contributed by atoms with Crippen LogP contribution >= 0.6 is 0 Å². The molecule has 1 N–H and O–H groups in total. The average Bonchev–Trinajstić information content (AvgIpc) is 2.46. The molecule has 4 heteroatoms. The summed E-state index contributed by atoms with van der Waals surface area (Å²) in [4.78, 5) is 0. The van der Waals surface area contributed by atoms with E-state index in [1.165, 1.54) is 0 Å². The molecule has 0 fully saturated rings. The summed E-state index contributed by atoms with van der Waals surface area (Å²) in [5, 5.41) is 7.99. The van der Waals surface area contributed by atoms with Crippen LogP contribution in [0, 0.1) is 5.41 Å². The fraction of sp³-hybridized carbons (Fsp3) is 0. The van der Waals surface area contributed by atoms with Crippen molar-refractivity contribution >= 4 is 40.4 Å². The van der Waals surface area contributed by atoms with Gasteiger partial charge in [0.2, 0.25) is 0 Å². The van der Waals surface area contributed by atoms with Crippen molar-refractivity contribution in [3.8, 4) is 0 Å².